The second kappa shape index (κ2) is 6.82. The molecule has 0 aliphatic heterocycles. The number of nitrogens with two attached hydrogens (primary N) is 1. The van der Waals surface area contributed by atoms with Gasteiger partial charge in [-0.2, -0.15) is 0 Å². The van der Waals surface area contributed by atoms with Crippen LogP contribution in [-0.4, -0.2) is 40.1 Å². The number of hydrogen-bond acceptors (Lipinski definition) is 8. The average molecular weight is 313 g/mol. The fourth-order valence-corrected chi connectivity index (χ4v) is 2.86. The van der Waals surface area contributed by atoms with Gasteiger partial charge in [0.2, 0.25) is 11.8 Å². The molecule has 0 aromatic carbocycles. The van der Waals surface area contributed by atoms with Gasteiger partial charge >= 0.3 is 0 Å². The molecule has 2 aromatic heterocycles. The molecule has 7 nitrogen and oxygen atoms in total. The van der Waals surface area contributed by atoms with Crippen LogP contribution in [0, 0.1) is 0 Å². The topological polar surface area (TPSA) is 98.1 Å². The molecule has 0 radical (unpaired) electrons. The summed E-state index contributed by atoms with van der Waals surface area (Å²) in [4.78, 5) is 17.5. The zero-order chi connectivity index (χ0) is 14.5. The first-order chi connectivity index (χ1) is 9.58. The van der Waals surface area contributed by atoms with Gasteiger partial charge in [0.1, 0.15) is 5.01 Å². The minimum Gasteiger partial charge on any atom is -0.415 e. The molecular weight excluding hydrogens is 298 g/mol. The van der Waals surface area contributed by atoms with Gasteiger partial charge < -0.3 is 15.1 Å². The molecule has 1 amide bonds. The number of aromatic nitrogens is 3. The van der Waals surface area contributed by atoms with E-state index in [0.717, 1.165) is 10.7 Å². The van der Waals surface area contributed by atoms with E-state index >= 15 is 0 Å². The van der Waals surface area contributed by atoms with Crippen molar-refractivity contribution in [1.82, 2.24) is 20.1 Å². The summed E-state index contributed by atoms with van der Waals surface area (Å²) >= 11 is 2.88. The lowest BCUT2D eigenvalue weighted by Crippen LogP contribution is -2.23. The van der Waals surface area contributed by atoms with Crippen LogP contribution in [0.15, 0.2) is 15.0 Å². The van der Waals surface area contributed by atoms with Crippen LogP contribution in [0.3, 0.4) is 0 Å². The predicted octanol–water partition coefficient (Wildman–Crippen LogP) is 0.908. The Labute approximate surface area is 124 Å². The maximum Gasteiger partial charge on any atom is 0.277 e. The number of amides is 1. The van der Waals surface area contributed by atoms with Gasteiger partial charge in [0.05, 0.1) is 18.7 Å². The Kier molecular flexibility index (Phi) is 5.10. The summed E-state index contributed by atoms with van der Waals surface area (Å²) in [6, 6.07) is 0. The van der Waals surface area contributed by atoms with Crippen molar-refractivity contribution >= 4 is 29.0 Å². The van der Waals surface area contributed by atoms with E-state index in [9.17, 15) is 4.79 Å². The average Bonchev–Trinajstić information content (AvgIpc) is 3.04. The summed E-state index contributed by atoms with van der Waals surface area (Å²) in [5.41, 5.74) is 6.29. The molecule has 0 unspecified atom stereocenters. The molecule has 2 N–H and O–H groups in total. The highest BCUT2D eigenvalue weighted by molar-refractivity contribution is 7.98. The van der Waals surface area contributed by atoms with Crippen molar-refractivity contribution in [2.45, 2.75) is 23.9 Å². The summed E-state index contributed by atoms with van der Waals surface area (Å²) in [6.45, 7) is 0.237. The first kappa shape index (κ1) is 14.9. The van der Waals surface area contributed by atoms with Crippen molar-refractivity contribution in [3.63, 3.8) is 0 Å². The Morgan fingerprint density at radius 3 is 2.95 bits per heavy atom. The van der Waals surface area contributed by atoms with Crippen molar-refractivity contribution in [3.05, 3.63) is 22.0 Å². The molecule has 2 aromatic rings. The summed E-state index contributed by atoms with van der Waals surface area (Å²) in [5.74, 6) is 1.09. The third-order valence-electron chi connectivity index (χ3n) is 2.37. The lowest BCUT2D eigenvalue weighted by molar-refractivity contribution is -0.127. The van der Waals surface area contributed by atoms with Gasteiger partial charge in [-0.15, -0.1) is 21.5 Å². The molecular formula is C11H15N5O2S2. The minimum absolute atomic E-state index is 0.0445. The van der Waals surface area contributed by atoms with E-state index in [1.165, 1.54) is 23.1 Å². The Hall–Kier alpha value is -1.45. The molecule has 0 saturated carbocycles. The van der Waals surface area contributed by atoms with Gasteiger partial charge in [-0.25, -0.2) is 4.98 Å². The number of hydrogen-bond donors (Lipinski definition) is 1. The number of likely N-dealkylation sites (N-methyl/N-ethyl adjacent to an activating group) is 1. The number of rotatable bonds is 6. The van der Waals surface area contributed by atoms with Gasteiger partial charge in [0.25, 0.3) is 5.22 Å². The molecule has 0 spiro atoms. The van der Waals surface area contributed by atoms with Gasteiger partial charge in [0, 0.05) is 25.2 Å². The number of carbonyl (C=O) groups is 1. The Bertz CT molecular complexity index is 581. The minimum atomic E-state index is 0.0445. The maximum atomic E-state index is 11.6. The fraction of sp³-hybridized carbons (Fsp3) is 0.455. The molecule has 9 heteroatoms. The Morgan fingerprint density at radius 1 is 1.50 bits per heavy atom. The van der Waals surface area contributed by atoms with Crippen molar-refractivity contribution in [3.8, 4) is 0 Å². The molecule has 108 valence electrons. The zero-order valence-electron chi connectivity index (χ0n) is 11.2. The van der Waals surface area contributed by atoms with E-state index in [0.29, 0.717) is 23.3 Å². The first-order valence-corrected chi connectivity index (χ1v) is 7.73. The summed E-state index contributed by atoms with van der Waals surface area (Å²) in [5, 5.41) is 10.9. The van der Waals surface area contributed by atoms with Gasteiger partial charge in [-0.05, 0) is 0 Å². The van der Waals surface area contributed by atoms with Crippen LogP contribution in [0.2, 0.25) is 0 Å². The van der Waals surface area contributed by atoms with Crippen LogP contribution in [0.25, 0.3) is 0 Å². The zero-order valence-corrected chi connectivity index (χ0v) is 12.8. The van der Waals surface area contributed by atoms with Crippen LogP contribution in [-0.2, 0) is 23.5 Å². The second-order valence-corrected chi connectivity index (χ2v) is 6.02. The molecule has 2 heterocycles. The lowest BCUT2D eigenvalue weighted by atomic mass is 10.4. The summed E-state index contributed by atoms with van der Waals surface area (Å²) < 4.78 is 5.29. The maximum absolute atomic E-state index is 11.6. The second-order valence-electron chi connectivity index (χ2n) is 4.15. The van der Waals surface area contributed by atoms with Crippen LogP contribution < -0.4 is 5.73 Å². The fourth-order valence-electron chi connectivity index (χ4n) is 1.30. The van der Waals surface area contributed by atoms with Crippen LogP contribution >= 0.6 is 23.1 Å². The monoisotopic (exact) mass is 313 g/mol. The molecule has 0 aliphatic carbocycles. The molecule has 0 atom stereocenters. The number of thiazole rings is 1. The van der Waals surface area contributed by atoms with E-state index in [4.69, 9.17) is 10.2 Å². The Balaban J connectivity index is 1.88. The number of thioether (sulfide) groups is 1. The smallest absolute Gasteiger partial charge is 0.277 e. The highest BCUT2D eigenvalue weighted by Gasteiger charge is 2.11. The van der Waals surface area contributed by atoms with Crippen LogP contribution in [0.4, 0.5) is 0 Å². The van der Waals surface area contributed by atoms with Gasteiger partial charge in [0.15, 0.2) is 0 Å². The van der Waals surface area contributed by atoms with Crippen LogP contribution in [0.5, 0.6) is 0 Å². The quantitative estimate of drug-likeness (QED) is 0.791. The van der Waals surface area contributed by atoms with Gasteiger partial charge in [-0.1, -0.05) is 11.8 Å². The summed E-state index contributed by atoms with van der Waals surface area (Å²) in [7, 11) is 3.47. The number of carbonyl (C=O) groups excluding carboxylic acids is 1. The first-order valence-electron chi connectivity index (χ1n) is 5.87. The SMILES string of the molecule is CN(C)C(=O)Cc1nc(CSc2nnc(CN)o2)cs1. The van der Waals surface area contributed by atoms with Crippen LogP contribution in [0.1, 0.15) is 16.6 Å². The lowest BCUT2D eigenvalue weighted by Gasteiger charge is -2.07. The molecule has 0 bridgehead atoms. The normalized spacial score (nSPS) is 10.8. The van der Waals surface area contributed by atoms with Gasteiger partial charge in [-0.3, -0.25) is 4.79 Å². The van der Waals surface area contributed by atoms with E-state index in [2.05, 4.69) is 15.2 Å². The standard InChI is InChI=1S/C11H15N5O2S2/c1-16(2)10(17)3-9-13-7(5-19-9)6-20-11-15-14-8(4-12)18-11/h5H,3-4,6,12H2,1-2H3. The molecule has 0 aliphatic rings. The molecule has 2 rings (SSSR count). The molecule has 0 fully saturated rings. The summed E-state index contributed by atoms with van der Waals surface area (Å²) in [6.07, 6.45) is 0.334. The highest BCUT2D eigenvalue weighted by atomic mass is 32.2. The predicted molar refractivity (Wildman–Crippen MR) is 76.3 cm³/mol. The molecule has 0 saturated heterocycles. The third kappa shape index (κ3) is 4.02. The van der Waals surface area contributed by atoms with E-state index in [-0.39, 0.29) is 12.5 Å². The third-order valence-corrected chi connectivity index (χ3v) is 4.12. The van der Waals surface area contributed by atoms with Crippen molar-refractivity contribution in [2.75, 3.05) is 14.1 Å². The largest absolute Gasteiger partial charge is 0.415 e. The highest BCUT2D eigenvalue weighted by Crippen LogP contribution is 2.22. The van der Waals surface area contributed by atoms with E-state index < -0.39 is 0 Å². The van der Waals surface area contributed by atoms with Crippen molar-refractivity contribution in [2.24, 2.45) is 5.73 Å². The van der Waals surface area contributed by atoms with E-state index in [1.807, 2.05) is 5.38 Å². The van der Waals surface area contributed by atoms with E-state index in [1.54, 1.807) is 19.0 Å². The Morgan fingerprint density at radius 2 is 2.30 bits per heavy atom. The van der Waals surface area contributed by atoms with Crippen molar-refractivity contribution in [1.29, 1.82) is 0 Å². The number of nitrogens with zero attached hydrogens (tertiary/aromatic N) is 4. The van der Waals surface area contributed by atoms with Crippen molar-refractivity contribution < 1.29 is 9.21 Å². The molecule has 20 heavy (non-hydrogen) atoms.